The standard InChI is InChI=1S/C17H16ClN3O2S/c18-16-15-14(19-12-20-16)6-7-21(15)8-10-24-11-9-23-17(22)13-4-2-1-3-5-13/h1-7,12H,8-11H2. The Hall–Kier alpha value is -2.05. The second-order valence-corrected chi connectivity index (χ2v) is 6.60. The monoisotopic (exact) mass is 361 g/mol. The van der Waals surface area contributed by atoms with Crippen molar-refractivity contribution in [2.45, 2.75) is 6.54 Å². The summed E-state index contributed by atoms with van der Waals surface area (Å²) in [5.41, 5.74) is 2.28. The van der Waals surface area contributed by atoms with E-state index < -0.39 is 0 Å². The number of carbonyl (C=O) groups is 1. The molecule has 0 atom stereocenters. The maximum atomic E-state index is 11.8. The minimum absolute atomic E-state index is 0.281. The number of esters is 1. The van der Waals surface area contributed by atoms with Gasteiger partial charge in [0.15, 0.2) is 5.15 Å². The van der Waals surface area contributed by atoms with E-state index in [2.05, 4.69) is 9.97 Å². The van der Waals surface area contributed by atoms with E-state index >= 15 is 0 Å². The molecule has 0 N–H and O–H groups in total. The Morgan fingerprint density at radius 1 is 1.17 bits per heavy atom. The van der Waals surface area contributed by atoms with Crippen molar-refractivity contribution in [2.24, 2.45) is 0 Å². The van der Waals surface area contributed by atoms with Gasteiger partial charge in [-0.15, -0.1) is 0 Å². The van der Waals surface area contributed by atoms with Gasteiger partial charge in [0, 0.05) is 24.2 Å². The first-order valence-corrected chi connectivity index (χ1v) is 9.04. The summed E-state index contributed by atoms with van der Waals surface area (Å²) in [5.74, 6) is 1.36. The van der Waals surface area contributed by atoms with E-state index in [9.17, 15) is 4.79 Å². The lowest BCUT2D eigenvalue weighted by atomic mass is 10.2. The van der Waals surface area contributed by atoms with Crippen LogP contribution in [0.3, 0.4) is 0 Å². The molecule has 0 amide bonds. The predicted molar refractivity (Wildman–Crippen MR) is 96.6 cm³/mol. The average Bonchev–Trinajstić information content (AvgIpc) is 3.03. The SMILES string of the molecule is O=C(OCCSCCn1ccc2ncnc(Cl)c21)c1ccccc1. The van der Waals surface area contributed by atoms with Crippen molar-refractivity contribution in [3.63, 3.8) is 0 Å². The fourth-order valence-electron chi connectivity index (χ4n) is 2.29. The fraction of sp³-hybridized carbons (Fsp3) is 0.235. The van der Waals surface area contributed by atoms with Crippen LogP contribution in [0.5, 0.6) is 0 Å². The lowest BCUT2D eigenvalue weighted by Crippen LogP contribution is -2.08. The summed E-state index contributed by atoms with van der Waals surface area (Å²) in [6.45, 7) is 1.20. The Bertz CT molecular complexity index is 823. The Kier molecular flexibility index (Phi) is 5.72. The average molecular weight is 362 g/mol. The molecule has 3 rings (SSSR count). The van der Waals surface area contributed by atoms with Gasteiger partial charge >= 0.3 is 5.97 Å². The number of hydrogen-bond acceptors (Lipinski definition) is 5. The van der Waals surface area contributed by atoms with Crippen LogP contribution >= 0.6 is 23.4 Å². The van der Waals surface area contributed by atoms with Crippen LogP contribution in [0.4, 0.5) is 0 Å². The lowest BCUT2D eigenvalue weighted by Gasteiger charge is -2.07. The van der Waals surface area contributed by atoms with Gasteiger partial charge in [0.2, 0.25) is 0 Å². The third kappa shape index (κ3) is 4.07. The van der Waals surface area contributed by atoms with Gasteiger partial charge in [-0.1, -0.05) is 29.8 Å². The van der Waals surface area contributed by atoms with Crippen LogP contribution in [0.1, 0.15) is 10.4 Å². The zero-order chi connectivity index (χ0) is 16.8. The molecular formula is C17H16ClN3O2S. The van der Waals surface area contributed by atoms with Gasteiger partial charge in [-0.2, -0.15) is 11.8 Å². The van der Waals surface area contributed by atoms with Crippen LogP contribution in [-0.4, -0.2) is 38.6 Å². The number of ether oxygens (including phenoxy) is 1. The zero-order valence-electron chi connectivity index (χ0n) is 12.9. The molecule has 5 nitrogen and oxygen atoms in total. The molecular weight excluding hydrogens is 346 g/mol. The van der Waals surface area contributed by atoms with Gasteiger partial charge in [0.05, 0.1) is 11.1 Å². The molecule has 124 valence electrons. The number of aryl methyl sites for hydroxylation is 1. The summed E-state index contributed by atoms with van der Waals surface area (Å²) in [6, 6.07) is 10.9. The van der Waals surface area contributed by atoms with Gasteiger partial charge in [-0.3, -0.25) is 0 Å². The van der Waals surface area contributed by atoms with Gasteiger partial charge < -0.3 is 9.30 Å². The molecule has 7 heteroatoms. The highest BCUT2D eigenvalue weighted by Gasteiger charge is 2.08. The predicted octanol–water partition coefficient (Wildman–Crippen LogP) is 3.67. The molecule has 0 fully saturated rings. The quantitative estimate of drug-likeness (QED) is 0.365. The molecule has 0 saturated carbocycles. The molecule has 0 bridgehead atoms. The first-order valence-electron chi connectivity index (χ1n) is 7.51. The van der Waals surface area contributed by atoms with Gasteiger partial charge in [-0.05, 0) is 18.2 Å². The fourth-order valence-corrected chi connectivity index (χ4v) is 3.27. The minimum atomic E-state index is -0.281. The van der Waals surface area contributed by atoms with Crippen molar-refractivity contribution in [3.05, 3.63) is 59.6 Å². The maximum Gasteiger partial charge on any atom is 0.338 e. The van der Waals surface area contributed by atoms with Crippen LogP contribution < -0.4 is 0 Å². The first kappa shape index (κ1) is 16.8. The lowest BCUT2D eigenvalue weighted by molar-refractivity contribution is 0.0530. The van der Waals surface area contributed by atoms with Gasteiger partial charge in [0.25, 0.3) is 0 Å². The normalized spacial score (nSPS) is 10.9. The van der Waals surface area contributed by atoms with E-state index in [-0.39, 0.29) is 5.97 Å². The number of halogens is 1. The Morgan fingerprint density at radius 2 is 2.00 bits per heavy atom. The highest BCUT2D eigenvalue weighted by atomic mass is 35.5. The molecule has 2 aromatic heterocycles. The third-order valence-corrected chi connectivity index (χ3v) is 4.66. The topological polar surface area (TPSA) is 57.0 Å². The summed E-state index contributed by atoms with van der Waals surface area (Å²) in [4.78, 5) is 20.0. The van der Waals surface area contributed by atoms with Crippen molar-refractivity contribution in [2.75, 3.05) is 18.1 Å². The van der Waals surface area contributed by atoms with Crippen LogP contribution in [0.25, 0.3) is 11.0 Å². The summed E-state index contributed by atoms with van der Waals surface area (Å²) >= 11 is 7.84. The molecule has 0 aliphatic carbocycles. The minimum Gasteiger partial charge on any atom is -0.461 e. The van der Waals surface area contributed by atoms with Crippen LogP contribution in [-0.2, 0) is 11.3 Å². The second kappa shape index (κ2) is 8.17. The van der Waals surface area contributed by atoms with E-state index in [0.29, 0.717) is 17.3 Å². The molecule has 0 spiro atoms. The summed E-state index contributed by atoms with van der Waals surface area (Å²) in [7, 11) is 0. The largest absolute Gasteiger partial charge is 0.461 e. The molecule has 0 saturated heterocycles. The van der Waals surface area contributed by atoms with Crippen molar-refractivity contribution >= 4 is 40.4 Å². The Labute approximate surface area is 149 Å². The number of benzene rings is 1. The summed E-state index contributed by atoms with van der Waals surface area (Å²) in [6.07, 6.45) is 3.42. The Morgan fingerprint density at radius 3 is 2.83 bits per heavy atom. The van der Waals surface area contributed by atoms with Crippen molar-refractivity contribution < 1.29 is 9.53 Å². The van der Waals surface area contributed by atoms with E-state index in [0.717, 1.165) is 29.1 Å². The highest BCUT2D eigenvalue weighted by Crippen LogP contribution is 2.20. The zero-order valence-corrected chi connectivity index (χ0v) is 14.5. The van der Waals surface area contributed by atoms with E-state index in [1.165, 1.54) is 6.33 Å². The molecule has 0 radical (unpaired) electrons. The van der Waals surface area contributed by atoms with Crippen LogP contribution in [0.15, 0.2) is 48.9 Å². The van der Waals surface area contributed by atoms with E-state index in [1.54, 1.807) is 23.9 Å². The molecule has 1 aromatic carbocycles. The van der Waals surface area contributed by atoms with Crippen molar-refractivity contribution in [1.29, 1.82) is 0 Å². The van der Waals surface area contributed by atoms with Crippen molar-refractivity contribution in [1.82, 2.24) is 14.5 Å². The summed E-state index contributed by atoms with van der Waals surface area (Å²) < 4.78 is 7.29. The molecule has 0 aliphatic rings. The van der Waals surface area contributed by atoms with Crippen LogP contribution in [0.2, 0.25) is 5.15 Å². The number of nitrogens with zero attached hydrogens (tertiary/aromatic N) is 3. The number of carbonyl (C=O) groups excluding carboxylic acids is 1. The third-order valence-electron chi connectivity index (χ3n) is 3.45. The molecule has 0 aliphatic heterocycles. The molecule has 0 unspecified atom stereocenters. The highest BCUT2D eigenvalue weighted by molar-refractivity contribution is 7.99. The second-order valence-electron chi connectivity index (χ2n) is 5.02. The first-order chi connectivity index (χ1) is 11.8. The van der Waals surface area contributed by atoms with Gasteiger partial charge in [-0.25, -0.2) is 14.8 Å². The molecule has 3 aromatic rings. The number of fused-ring (bicyclic) bond motifs is 1. The Balaban J connectivity index is 1.40. The summed E-state index contributed by atoms with van der Waals surface area (Å²) in [5, 5.41) is 0.465. The number of hydrogen-bond donors (Lipinski definition) is 0. The van der Waals surface area contributed by atoms with Crippen LogP contribution in [0, 0.1) is 0 Å². The smallest absolute Gasteiger partial charge is 0.338 e. The number of rotatable bonds is 7. The number of thioether (sulfide) groups is 1. The molecule has 24 heavy (non-hydrogen) atoms. The van der Waals surface area contributed by atoms with E-state index in [1.807, 2.05) is 35.0 Å². The number of aromatic nitrogens is 3. The van der Waals surface area contributed by atoms with Crippen molar-refractivity contribution in [3.8, 4) is 0 Å². The molecule has 2 heterocycles. The maximum absolute atomic E-state index is 11.8. The van der Waals surface area contributed by atoms with E-state index in [4.69, 9.17) is 16.3 Å². The van der Waals surface area contributed by atoms with Gasteiger partial charge in [0.1, 0.15) is 18.5 Å².